The highest BCUT2D eigenvalue weighted by Gasteiger charge is 2.31. The van der Waals surface area contributed by atoms with Gasteiger partial charge in [-0.2, -0.15) is 0 Å². The molecule has 0 aromatic carbocycles. The molecule has 2 N–H and O–H groups in total. The number of aliphatic carboxylic acids is 1. The van der Waals surface area contributed by atoms with Crippen molar-refractivity contribution in [3.8, 4) is 0 Å². The maximum Gasteiger partial charge on any atom is 0.307 e. The maximum atomic E-state index is 12.0. The van der Waals surface area contributed by atoms with Gasteiger partial charge in [-0.15, -0.1) is 0 Å². The molecule has 0 saturated carbocycles. The highest BCUT2D eigenvalue weighted by Crippen LogP contribution is 2.16. The number of hydrogen-bond donors (Lipinski definition) is 2. The van der Waals surface area contributed by atoms with E-state index < -0.39 is 17.8 Å². The SMILES string of the molecule is CC(C(=O)O)C(C)C(=O)NCC(C)(C)N1CCOCC1. The van der Waals surface area contributed by atoms with Crippen molar-refractivity contribution in [3.05, 3.63) is 0 Å². The maximum absolute atomic E-state index is 12.0. The van der Waals surface area contributed by atoms with Gasteiger partial charge in [-0.3, -0.25) is 14.5 Å². The molecule has 0 bridgehead atoms. The molecule has 20 heavy (non-hydrogen) atoms. The summed E-state index contributed by atoms with van der Waals surface area (Å²) >= 11 is 0. The number of morpholine rings is 1. The fourth-order valence-electron chi connectivity index (χ4n) is 2.19. The normalized spacial score (nSPS) is 20.2. The van der Waals surface area contributed by atoms with E-state index >= 15 is 0 Å². The smallest absolute Gasteiger partial charge is 0.307 e. The second-order valence-corrected chi connectivity index (χ2v) is 6.05. The largest absolute Gasteiger partial charge is 0.481 e. The lowest BCUT2D eigenvalue weighted by molar-refractivity contribution is -0.146. The number of carbonyl (C=O) groups is 2. The fourth-order valence-corrected chi connectivity index (χ4v) is 2.19. The van der Waals surface area contributed by atoms with Crippen LogP contribution >= 0.6 is 0 Å². The Morgan fingerprint density at radius 2 is 1.80 bits per heavy atom. The Balaban J connectivity index is 2.48. The molecule has 1 aliphatic heterocycles. The first-order chi connectivity index (χ1) is 9.25. The van der Waals surface area contributed by atoms with Gasteiger partial charge in [-0.05, 0) is 13.8 Å². The molecule has 0 spiro atoms. The minimum Gasteiger partial charge on any atom is -0.481 e. The third kappa shape index (κ3) is 4.45. The lowest BCUT2D eigenvalue weighted by Crippen LogP contribution is -2.56. The van der Waals surface area contributed by atoms with Crippen molar-refractivity contribution in [2.24, 2.45) is 11.8 Å². The second kappa shape index (κ2) is 7.04. The molecule has 0 aliphatic carbocycles. The van der Waals surface area contributed by atoms with Crippen molar-refractivity contribution in [2.75, 3.05) is 32.8 Å². The van der Waals surface area contributed by atoms with Gasteiger partial charge in [0.2, 0.25) is 5.91 Å². The Kier molecular flexibility index (Phi) is 5.95. The Labute approximate surface area is 120 Å². The Bertz CT molecular complexity index is 351. The van der Waals surface area contributed by atoms with Gasteiger partial charge in [0, 0.05) is 31.1 Å². The zero-order chi connectivity index (χ0) is 15.3. The van der Waals surface area contributed by atoms with Crippen LogP contribution in [0.2, 0.25) is 0 Å². The molecule has 2 unspecified atom stereocenters. The number of carboxylic acids is 1. The van der Waals surface area contributed by atoms with E-state index in [0.717, 1.165) is 13.1 Å². The first-order valence-electron chi connectivity index (χ1n) is 7.09. The average molecular weight is 286 g/mol. The van der Waals surface area contributed by atoms with Crippen LogP contribution in [0.1, 0.15) is 27.7 Å². The summed E-state index contributed by atoms with van der Waals surface area (Å²) < 4.78 is 5.32. The molecule has 1 fully saturated rings. The molecule has 0 radical (unpaired) electrons. The standard InChI is InChI=1S/C14H26N2O4/c1-10(11(2)13(18)19)12(17)15-9-14(3,4)16-5-7-20-8-6-16/h10-11H,5-9H2,1-4H3,(H,15,17)(H,18,19). The second-order valence-electron chi connectivity index (χ2n) is 6.05. The summed E-state index contributed by atoms with van der Waals surface area (Å²) in [7, 11) is 0. The number of ether oxygens (including phenoxy) is 1. The number of carbonyl (C=O) groups excluding carboxylic acids is 1. The Morgan fingerprint density at radius 3 is 2.30 bits per heavy atom. The first-order valence-corrected chi connectivity index (χ1v) is 7.09. The molecular formula is C14H26N2O4. The minimum absolute atomic E-state index is 0.161. The topological polar surface area (TPSA) is 78.9 Å². The van der Waals surface area contributed by atoms with Gasteiger partial charge >= 0.3 is 5.97 Å². The van der Waals surface area contributed by atoms with Crippen LogP contribution in [-0.2, 0) is 14.3 Å². The van der Waals surface area contributed by atoms with Crippen LogP contribution in [0.15, 0.2) is 0 Å². The molecule has 1 aliphatic rings. The zero-order valence-electron chi connectivity index (χ0n) is 12.8. The van der Waals surface area contributed by atoms with Crippen LogP contribution in [0, 0.1) is 11.8 Å². The predicted octanol–water partition coefficient (Wildman–Crippen LogP) is 0.570. The van der Waals surface area contributed by atoms with Gasteiger partial charge in [0.25, 0.3) is 0 Å². The summed E-state index contributed by atoms with van der Waals surface area (Å²) in [5.41, 5.74) is -0.161. The van der Waals surface area contributed by atoms with Crippen molar-refractivity contribution in [3.63, 3.8) is 0 Å². The number of amides is 1. The molecule has 0 aromatic rings. The molecule has 2 atom stereocenters. The quantitative estimate of drug-likeness (QED) is 0.746. The van der Waals surface area contributed by atoms with Gasteiger partial charge in [0.05, 0.1) is 19.1 Å². The molecule has 1 rings (SSSR count). The van der Waals surface area contributed by atoms with Crippen molar-refractivity contribution in [1.29, 1.82) is 0 Å². The van der Waals surface area contributed by atoms with Crippen LogP contribution in [0.25, 0.3) is 0 Å². The molecule has 1 saturated heterocycles. The molecule has 1 amide bonds. The van der Waals surface area contributed by atoms with E-state index in [9.17, 15) is 9.59 Å². The van der Waals surface area contributed by atoms with Crippen LogP contribution in [0.3, 0.4) is 0 Å². The summed E-state index contributed by atoms with van der Waals surface area (Å²) in [6.07, 6.45) is 0. The van der Waals surface area contributed by atoms with E-state index in [1.54, 1.807) is 13.8 Å². The van der Waals surface area contributed by atoms with E-state index in [1.165, 1.54) is 0 Å². The number of hydrogen-bond acceptors (Lipinski definition) is 4. The lowest BCUT2D eigenvalue weighted by Gasteiger charge is -2.41. The number of carboxylic acid groups (broad SMARTS) is 1. The van der Waals surface area contributed by atoms with E-state index in [0.29, 0.717) is 19.8 Å². The number of nitrogens with one attached hydrogen (secondary N) is 1. The van der Waals surface area contributed by atoms with Crippen LogP contribution in [0.5, 0.6) is 0 Å². The van der Waals surface area contributed by atoms with Gasteiger partial charge in [-0.1, -0.05) is 13.8 Å². The highest BCUT2D eigenvalue weighted by molar-refractivity contribution is 5.84. The van der Waals surface area contributed by atoms with E-state index in [2.05, 4.69) is 24.1 Å². The minimum atomic E-state index is -0.944. The summed E-state index contributed by atoms with van der Waals surface area (Å²) in [6, 6.07) is 0. The zero-order valence-corrected chi connectivity index (χ0v) is 12.8. The van der Waals surface area contributed by atoms with Crippen molar-refractivity contribution in [2.45, 2.75) is 33.2 Å². The van der Waals surface area contributed by atoms with Crippen LogP contribution < -0.4 is 5.32 Å². The predicted molar refractivity (Wildman–Crippen MR) is 75.4 cm³/mol. The monoisotopic (exact) mass is 286 g/mol. The van der Waals surface area contributed by atoms with Crippen molar-refractivity contribution >= 4 is 11.9 Å². The number of nitrogens with zero attached hydrogens (tertiary/aromatic N) is 1. The third-order valence-electron chi connectivity index (χ3n) is 4.12. The van der Waals surface area contributed by atoms with E-state index in [4.69, 9.17) is 9.84 Å². The lowest BCUT2D eigenvalue weighted by atomic mass is 9.94. The van der Waals surface area contributed by atoms with Gasteiger partial charge in [0.1, 0.15) is 0 Å². The summed E-state index contributed by atoms with van der Waals surface area (Å²) in [5, 5.41) is 11.8. The molecular weight excluding hydrogens is 260 g/mol. The van der Waals surface area contributed by atoms with Crippen molar-refractivity contribution in [1.82, 2.24) is 10.2 Å². The van der Waals surface area contributed by atoms with E-state index in [-0.39, 0.29) is 11.4 Å². The average Bonchev–Trinajstić information content (AvgIpc) is 2.44. The van der Waals surface area contributed by atoms with Crippen LogP contribution in [0.4, 0.5) is 0 Å². The molecule has 1 heterocycles. The molecule has 6 nitrogen and oxygen atoms in total. The Morgan fingerprint density at radius 1 is 1.25 bits per heavy atom. The summed E-state index contributed by atoms with van der Waals surface area (Å²) in [6.45, 7) is 11.0. The summed E-state index contributed by atoms with van der Waals surface area (Å²) in [4.78, 5) is 25.2. The Hall–Kier alpha value is -1.14. The van der Waals surface area contributed by atoms with Gasteiger partial charge in [-0.25, -0.2) is 0 Å². The van der Waals surface area contributed by atoms with Gasteiger partial charge < -0.3 is 15.2 Å². The fraction of sp³-hybridized carbons (Fsp3) is 0.857. The third-order valence-corrected chi connectivity index (χ3v) is 4.12. The van der Waals surface area contributed by atoms with E-state index in [1.807, 2.05) is 0 Å². The number of rotatable bonds is 6. The van der Waals surface area contributed by atoms with Crippen molar-refractivity contribution < 1.29 is 19.4 Å². The molecule has 116 valence electrons. The summed E-state index contributed by atoms with van der Waals surface area (Å²) in [5.74, 6) is -2.36. The first kappa shape index (κ1) is 16.9. The highest BCUT2D eigenvalue weighted by atomic mass is 16.5. The van der Waals surface area contributed by atoms with Gasteiger partial charge in [0.15, 0.2) is 0 Å². The molecule has 6 heteroatoms. The molecule has 0 aromatic heterocycles. The van der Waals surface area contributed by atoms with Crippen LogP contribution in [-0.4, -0.2) is 60.3 Å².